The Morgan fingerprint density at radius 1 is 1.15 bits per heavy atom. The molecular formula is C18H18Cl2N2O3S. The highest BCUT2D eigenvalue weighted by Crippen LogP contribution is 2.34. The molecule has 2 aromatic carbocycles. The number of hydrogen-bond donors (Lipinski definition) is 0. The highest BCUT2D eigenvalue weighted by Gasteiger charge is 2.28. The van der Waals surface area contributed by atoms with Gasteiger partial charge in [-0.1, -0.05) is 47.5 Å². The maximum absolute atomic E-state index is 12.9. The summed E-state index contributed by atoms with van der Waals surface area (Å²) in [6, 6.07) is 12.4. The zero-order valence-electron chi connectivity index (χ0n) is 14.2. The Morgan fingerprint density at radius 3 is 2.62 bits per heavy atom. The van der Waals surface area contributed by atoms with Gasteiger partial charge in [0.2, 0.25) is 15.9 Å². The van der Waals surface area contributed by atoms with Crippen LogP contribution >= 0.6 is 23.2 Å². The van der Waals surface area contributed by atoms with Crippen LogP contribution in [-0.4, -0.2) is 33.7 Å². The molecule has 1 aliphatic heterocycles. The zero-order chi connectivity index (χ0) is 18.9. The van der Waals surface area contributed by atoms with Gasteiger partial charge in [-0.15, -0.1) is 0 Å². The number of carbonyl (C=O) groups excluding carboxylic acids is 1. The molecule has 3 rings (SSSR count). The molecule has 0 fully saturated rings. The van der Waals surface area contributed by atoms with Crippen molar-refractivity contribution >= 4 is 50.5 Å². The second-order valence-electron chi connectivity index (χ2n) is 6.12. The van der Waals surface area contributed by atoms with Crippen LogP contribution in [0.1, 0.15) is 12.0 Å². The Morgan fingerprint density at radius 2 is 1.88 bits per heavy atom. The summed E-state index contributed by atoms with van der Waals surface area (Å²) in [5, 5.41) is 0.333. The minimum Gasteiger partial charge on any atom is -0.311 e. The first kappa shape index (κ1) is 19.0. The van der Waals surface area contributed by atoms with Crippen molar-refractivity contribution in [3.63, 3.8) is 0 Å². The van der Waals surface area contributed by atoms with E-state index in [1.807, 2.05) is 24.3 Å². The van der Waals surface area contributed by atoms with Gasteiger partial charge in [-0.3, -0.25) is 9.10 Å². The molecule has 0 aliphatic carbocycles. The van der Waals surface area contributed by atoms with Crippen molar-refractivity contribution in [2.24, 2.45) is 0 Å². The lowest BCUT2D eigenvalue weighted by Gasteiger charge is -2.32. The molecule has 0 bridgehead atoms. The maximum Gasteiger partial charge on any atom is 0.247 e. The molecule has 0 atom stereocenters. The van der Waals surface area contributed by atoms with Gasteiger partial charge in [0.25, 0.3) is 0 Å². The van der Waals surface area contributed by atoms with Crippen molar-refractivity contribution in [3.05, 3.63) is 58.1 Å². The van der Waals surface area contributed by atoms with Crippen LogP contribution in [0.2, 0.25) is 10.0 Å². The summed E-state index contributed by atoms with van der Waals surface area (Å²) >= 11 is 12.2. The molecule has 0 N–H and O–H groups in total. The summed E-state index contributed by atoms with van der Waals surface area (Å²) in [6.07, 6.45) is 2.77. The second kappa shape index (κ2) is 7.47. The Kier molecular flexibility index (Phi) is 5.46. The summed E-state index contributed by atoms with van der Waals surface area (Å²) in [7, 11) is -3.73. The number of anilines is 2. The fourth-order valence-corrected chi connectivity index (χ4v) is 4.37. The highest BCUT2D eigenvalue weighted by atomic mass is 35.5. The van der Waals surface area contributed by atoms with Crippen molar-refractivity contribution in [1.82, 2.24) is 0 Å². The quantitative estimate of drug-likeness (QED) is 0.768. The Balaban J connectivity index is 1.94. The zero-order valence-corrected chi connectivity index (χ0v) is 16.5. The van der Waals surface area contributed by atoms with E-state index in [1.165, 1.54) is 6.07 Å². The molecule has 0 radical (unpaired) electrons. The molecule has 1 amide bonds. The number of hydrogen-bond acceptors (Lipinski definition) is 3. The molecule has 0 unspecified atom stereocenters. The van der Waals surface area contributed by atoms with Crippen molar-refractivity contribution < 1.29 is 13.2 Å². The van der Waals surface area contributed by atoms with Gasteiger partial charge in [0.1, 0.15) is 6.54 Å². The number of halogens is 2. The molecule has 2 aromatic rings. The topological polar surface area (TPSA) is 57.7 Å². The van der Waals surface area contributed by atoms with Crippen LogP contribution in [0.15, 0.2) is 42.5 Å². The minimum atomic E-state index is -3.73. The normalized spacial score (nSPS) is 14.0. The van der Waals surface area contributed by atoms with Crippen LogP contribution in [0.3, 0.4) is 0 Å². The predicted molar refractivity (Wildman–Crippen MR) is 106 cm³/mol. The van der Waals surface area contributed by atoms with Gasteiger partial charge >= 0.3 is 0 Å². The number of nitrogens with zero attached hydrogens (tertiary/aromatic N) is 2. The van der Waals surface area contributed by atoms with Crippen LogP contribution in [-0.2, 0) is 21.2 Å². The van der Waals surface area contributed by atoms with Gasteiger partial charge in [0.05, 0.1) is 22.0 Å². The minimum absolute atomic E-state index is 0.103. The van der Waals surface area contributed by atoms with Gasteiger partial charge in [-0.25, -0.2) is 8.42 Å². The molecule has 1 heterocycles. The number of sulfonamides is 1. The van der Waals surface area contributed by atoms with E-state index in [1.54, 1.807) is 17.0 Å². The number of amides is 1. The molecular weight excluding hydrogens is 395 g/mol. The molecule has 26 heavy (non-hydrogen) atoms. The van der Waals surface area contributed by atoms with Crippen LogP contribution in [0.4, 0.5) is 11.4 Å². The molecule has 8 heteroatoms. The molecule has 138 valence electrons. The third-order valence-electron chi connectivity index (χ3n) is 4.29. The summed E-state index contributed by atoms with van der Waals surface area (Å²) < 4.78 is 25.6. The largest absolute Gasteiger partial charge is 0.311 e. The Bertz CT molecular complexity index is 947. The van der Waals surface area contributed by atoms with Crippen molar-refractivity contribution in [3.8, 4) is 0 Å². The maximum atomic E-state index is 12.9. The van der Waals surface area contributed by atoms with E-state index in [2.05, 4.69) is 0 Å². The SMILES string of the molecule is CS(=O)(=O)N(CC(=O)N1CCCc2ccccc21)c1cccc(Cl)c1Cl. The Labute approximate surface area is 163 Å². The fourth-order valence-electron chi connectivity index (χ4n) is 3.07. The third-order valence-corrected chi connectivity index (χ3v) is 6.23. The van der Waals surface area contributed by atoms with E-state index in [4.69, 9.17) is 23.2 Å². The lowest BCUT2D eigenvalue weighted by atomic mass is 10.0. The monoisotopic (exact) mass is 412 g/mol. The number of carbonyl (C=O) groups is 1. The van der Waals surface area contributed by atoms with Crippen molar-refractivity contribution in [2.75, 3.05) is 28.6 Å². The number of rotatable bonds is 4. The van der Waals surface area contributed by atoms with Gasteiger partial charge in [-0.2, -0.15) is 0 Å². The van der Waals surface area contributed by atoms with E-state index >= 15 is 0 Å². The van der Waals surface area contributed by atoms with E-state index < -0.39 is 10.0 Å². The summed E-state index contributed by atoms with van der Waals surface area (Å²) in [4.78, 5) is 14.6. The van der Waals surface area contributed by atoms with E-state index in [0.717, 1.165) is 34.7 Å². The average Bonchev–Trinajstić information content (AvgIpc) is 2.61. The number of benzene rings is 2. The van der Waals surface area contributed by atoms with E-state index in [9.17, 15) is 13.2 Å². The molecule has 0 saturated carbocycles. The lowest BCUT2D eigenvalue weighted by molar-refractivity contribution is -0.117. The molecule has 1 aliphatic rings. The van der Waals surface area contributed by atoms with Crippen LogP contribution < -0.4 is 9.21 Å². The standard InChI is InChI=1S/C18H18Cl2N2O3S/c1-26(24,25)22(16-10-4-8-14(19)18(16)20)12-17(23)21-11-5-7-13-6-2-3-9-15(13)21/h2-4,6,8-10H,5,7,11-12H2,1H3. The molecule has 0 aromatic heterocycles. The summed E-state index contributed by atoms with van der Waals surface area (Å²) in [5.41, 5.74) is 2.11. The average molecular weight is 413 g/mol. The van der Waals surface area contributed by atoms with Crippen LogP contribution in [0.5, 0.6) is 0 Å². The first-order valence-electron chi connectivity index (χ1n) is 8.09. The summed E-state index contributed by atoms with van der Waals surface area (Å²) in [5.74, 6) is -0.307. The molecule has 0 saturated heterocycles. The fraction of sp³-hybridized carbons (Fsp3) is 0.278. The van der Waals surface area contributed by atoms with Gasteiger partial charge in [0.15, 0.2) is 0 Å². The predicted octanol–water partition coefficient (Wildman–Crippen LogP) is 3.74. The van der Waals surface area contributed by atoms with Gasteiger partial charge in [-0.05, 0) is 36.6 Å². The van der Waals surface area contributed by atoms with E-state index in [0.29, 0.717) is 6.54 Å². The Hall–Kier alpha value is -1.76. The number of para-hydroxylation sites is 1. The van der Waals surface area contributed by atoms with Crippen LogP contribution in [0.25, 0.3) is 0 Å². The van der Waals surface area contributed by atoms with Gasteiger partial charge in [0, 0.05) is 12.2 Å². The second-order valence-corrected chi connectivity index (χ2v) is 8.81. The van der Waals surface area contributed by atoms with Crippen LogP contribution in [0, 0.1) is 0 Å². The summed E-state index contributed by atoms with van der Waals surface area (Å²) in [6.45, 7) is 0.212. The van der Waals surface area contributed by atoms with Gasteiger partial charge < -0.3 is 4.90 Å². The van der Waals surface area contributed by atoms with E-state index in [-0.39, 0.29) is 28.2 Å². The number of fused-ring (bicyclic) bond motifs is 1. The van der Waals surface area contributed by atoms with Crippen molar-refractivity contribution in [2.45, 2.75) is 12.8 Å². The first-order valence-corrected chi connectivity index (χ1v) is 10.7. The third kappa shape index (κ3) is 3.82. The molecule has 5 nitrogen and oxygen atoms in total. The smallest absolute Gasteiger partial charge is 0.247 e. The number of aryl methyl sites for hydroxylation is 1. The first-order chi connectivity index (χ1) is 12.3. The molecule has 0 spiro atoms. The van der Waals surface area contributed by atoms with Crippen molar-refractivity contribution in [1.29, 1.82) is 0 Å². The highest BCUT2D eigenvalue weighted by molar-refractivity contribution is 7.92. The lowest BCUT2D eigenvalue weighted by Crippen LogP contribution is -2.44.